The van der Waals surface area contributed by atoms with E-state index in [0.717, 1.165) is 12.8 Å². The molecule has 0 atom stereocenters. The van der Waals surface area contributed by atoms with Gasteiger partial charge < -0.3 is 0 Å². The van der Waals surface area contributed by atoms with Gasteiger partial charge in [-0.25, -0.2) is 4.98 Å². The largest absolute Gasteiger partial charge is 0.235 e. The summed E-state index contributed by atoms with van der Waals surface area (Å²) in [6.45, 7) is 2.17. The number of nitrogens with zero attached hydrogens (tertiary/aromatic N) is 1. The van der Waals surface area contributed by atoms with Crippen molar-refractivity contribution in [3.8, 4) is 21.1 Å². The Morgan fingerprint density at radius 2 is 2.00 bits per heavy atom. The number of thiophene rings is 1. The van der Waals surface area contributed by atoms with Crippen LogP contribution in [0.25, 0.3) is 21.1 Å². The van der Waals surface area contributed by atoms with Crippen LogP contribution in [0.1, 0.15) is 16.0 Å². The first-order chi connectivity index (χ1) is 9.33. The van der Waals surface area contributed by atoms with E-state index in [-0.39, 0.29) is 0 Å². The van der Waals surface area contributed by atoms with E-state index in [1.54, 1.807) is 11.3 Å². The zero-order chi connectivity index (χ0) is 12.8. The molecular weight excluding hydrogens is 270 g/mol. The summed E-state index contributed by atoms with van der Waals surface area (Å²) in [6, 6.07) is 10.9. The third-order valence-corrected chi connectivity index (χ3v) is 5.93. The van der Waals surface area contributed by atoms with Crippen LogP contribution in [-0.4, -0.2) is 4.98 Å². The standard InChI is InChI=1S/C16H13NS2/c1-10-8-9-18-15(10)16-17-14-12-5-3-2-4-11(12)6-7-13(14)19-16/h2-5,8-9H,6-7H2,1H3. The van der Waals surface area contributed by atoms with Crippen molar-refractivity contribution < 1.29 is 0 Å². The lowest BCUT2D eigenvalue weighted by molar-refractivity contribution is 0.955. The Bertz CT molecular complexity index is 752. The van der Waals surface area contributed by atoms with Crippen LogP contribution in [0.5, 0.6) is 0 Å². The molecule has 4 rings (SSSR count). The number of aromatic nitrogens is 1. The summed E-state index contributed by atoms with van der Waals surface area (Å²) in [5.74, 6) is 0. The molecule has 0 unspecified atom stereocenters. The van der Waals surface area contributed by atoms with Crippen molar-refractivity contribution >= 4 is 22.7 Å². The van der Waals surface area contributed by atoms with Crippen LogP contribution in [0.4, 0.5) is 0 Å². The topological polar surface area (TPSA) is 12.9 Å². The molecule has 0 saturated carbocycles. The molecule has 0 spiro atoms. The van der Waals surface area contributed by atoms with Gasteiger partial charge in [-0.3, -0.25) is 0 Å². The minimum Gasteiger partial charge on any atom is -0.235 e. The third kappa shape index (κ3) is 1.77. The van der Waals surface area contributed by atoms with Gasteiger partial charge in [0.25, 0.3) is 0 Å². The lowest BCUT2D eigenvalue weighted by Gasteiger charge is -2.13. The minimum absolute atomic E-state index is 1.13. The molecule has 94 valence electrons. The maximum absolute atomic E-state index is 4.92. The van der Waals surface area contributed by atoms with Gasteiger partial charge >= 0.3 is 0 Å². The lowest BCUT2D eigenvalue weighted by Crippen LogP contribution is -2.01. The number of fused-ring (bicyclic) bond motifs is 3. The van der Waals surface area contributed by atoms with E-state index in [1.807, 2.05) is 11.3 Å². The van der Waals surface area contributed by atoms with Crippen molar-refractivity contribution in [2.75, 3.05) is 0 Å². The molecule has 3 aromatic rings. The molecule has 0 fully saturated rings. The SMILES string of the molecule is Cc1ccsc1-c1nc2c(s1)CCc1ccccc1-2. The predicted molar refractivity (Wildman–Crippen MR) is 83.0 cm³/mol. The molecule has 1 nitrogen and oxygen atoms in total. The van der Waals surface area contributed by atoms with Crippen LogP contribution >= 0.6 is 22.7 Å². The Morgan fingerprint density at radius 3 is 2.84 bits per heavy atom. The van der Waals surface area contributed by atoms with Gasteiger partial charge in [-0.1, -0.05) is 24.3 Å². The average molecular weight is 283 g/mol. The first-order valence-corrected chi connectivity index (χ1v) is 8.15. The Labute approximate surface area is 120 Å². The van der Waals surface area contributed by atoms with Crippen molar-refractivity contribution in [3.63, 3.8) is 0 Å². The van der Waals surface area contributed by atoms with Gasteiger partial charge in [0, 0.05) is 10.4 Å². The van der Waals surface area contributed by atoms with Crippen LogP contribution in [0.2, 0.25) is 0 Å². The molecule has 0 saturated heterocycles. The monoisotopic (exact) mass is 283 g/mol. The van der Waals surface area contributed by atoms with Gasteiger partial charge in [-0.2, -0.15) is 0 Å². The van der Waals surface area contributed by atoms with Crippen LogP contribution in [0.3, 0.4) is 0 Å². The Morgan fingerprint density at radius 1 is 1.11 bits per heavy atom. The molecule has 0 bridgehead atoms. The molecule has 1 aliphatic rings. The number of hydrogen-bond donors (Lipinski definition) is 0. The summed E-state index contributed by atoms with van der Waals surface area (Å²) >= 11 is 3.67. The van der Waals surface area contributed by atoms with Crippen molar-refractivity contribution in [3.05, 3.63) is 51.7 Å². The zero-order valence-corrected chi connectivity index (χ0v) is 12.3. The van der Waals surface area contributed by atoms with Crippen LogP contribution in [0, 0.1) is 6.92 Å². The molecular formula is C16H13NS2. The molecule has 3 heteroatoms. The second-order valence-corrected chi connectivity index (χ2v) is 6.88. The number of rotatable bonds is 1. The van der Waals surface area contributed by atoms with E-state index in [2.05, 4.69) is 42.6 Å². The highest BCUT2D eigenvalue weighted by atomic mass is 32.1. The Balaban J connectivity index is 1.90. The molecule has 0 aliphatic heterocycles. The molecule has 19 heavy (non-hydrogen) atoms. The van der Waals surface area contributed by atoms with E-state index < -0.39 is 0 Å². The molecule has 0 radical (unpaired) electrons. The maximum Gasteiger partial charge on any atom is 0.134 e. The van der Waals surface area contributed by atoms with Crippen LogP contribution < -0.4 is 0 Å². The summed E-state index contributed by atoms with van der Waals surface area (Å²) in [5.41, 5.74) is 5.33. The molecule has 2 heterocycles. The van der Waals surface area contributed by atoms with Crippen molar-refractivity contribution in [2.45, 2.75) is 19.8 Å². The van der Waals surface area contributed by atoms with Crippen molar-refractivity contribution in [1.82, 2.24) is 4.98 Å². The first kappa shape index (κ1) is 11.4. The van der Waals surface area contributed by atoms with E-state index in [9.17, 15) is 0 Å². The second-order valence-electron chi connectivity index (χ2n) is 4.88. The van der Waals surface area contributed by atoms with E-state index >= 15 is 0 Å². The van der Waals surface area contributed by atoms with E-state index in [1.165, 1.54) is 37.1 Å². The van der Waals surface area contributed by atoms with Crippen molar-refractivity contribution in [1.29, 1.82) is 0 Å². The minimum atomic E-state index is 1.13. The van der Waals surface area contributed by atoms with Gasteiger partial charge in [0.2, 0.25) is 0 Å². The van der Waals surface area contributed by atoms with E-state index in [0.29, 0.717) is 0 Å². The fourth-order valence-corrected chi connectivity index (χ4v) is 4.80. The Hall–Kier alpha value is -1.45. The summed E-state index contributed by atoms with van der Waals surface area (Å²) in [6.07, 6.45) is 2.28. The summed E-state index contributed by atoms with van der Waals surface area (Å²) in [5, 5.41) is 3.34. The number of thiazole rings is 1. The molecule has 2 aromatic heterocycles. The molecule has 0 amide bonds. The summed E-state index contributed by atoms with van der Waals surface area (Å²) in [4.78, 5) is 7.70. The van der Waals surface area contributed by atoms with E-state index in [4.69, 9.17) is 4.98 Å². The van der Waals surface area contributed by atoms with Gasteiger partial charge in [-0.15, -0.1) is 22.7 Å². The fourth-order valence-electron chi connectivity index (χ4n) is 2.64. The average Bonchev–Trinajstić information content (AvgIpc) is 3.04. The molecule has 1 aliphatic carbocycles. The third-order valence-electron chi connectivity index (χ3n) is 3.65. The quantitative estimate of drug-likeness (QED) is 0.616. The predicted octanol–water partition coefficient (Wildman–Crippen LogP) is 4.95. The van der Waals surface area contributed by atoms with Crippen LogP contribution in [0.15, 0.2) is 35.7 Å². The smallest absolute Gasteiger partial charge is 0.134 e. The molecule has 0 N–H and O–H groups in total. The van der Waals surface area contributed by atoms with Gasteiger partial charge in [0.05, 0.1) is 10.6 Å². The Kier molecular flexibility index (Phi) is 2.57. The van der Waals surface area contributed by atoms with Crippen LogP contribution in [-0.2, 0) is 12.8 Å². The molecule has 1 aromatic carbocycles. The highest BCUT2D eigenvalue weighted by Gasteiger charge is 2.21. The summed E-state index contributed by atoms with van der Waals surface area (Å²) in [7, 11) is 0. The number of benzene rings is 1. The fraction of sp³-hybridized carbons (Fsp3) is 0.188. The normalized spacial score (nSPS) is 13.1. The van der Waals surface area contributed by atoms with Gasteiger partial charge in [0.15, 0.2) is 0 Å². The number of aryl methyl sites for hydroxylation is 3. The van der Waals surface area contributed by atoms with Gasteiger partial charge in [0.1, 0.15) is 5.01 Å². The maximum atomic E-state index is 4.92. The number of hydrogen-bond acceptors (Lipinski definition) is 3. The zero-order valence-electron chi connectivity index (χ0n) is 10.6. The lowest BCUT2D eigenvalue weighted by atomic mass is 9.94. The van der Waals surface area contributed by atoms with Gasteiger partial charge in [-0.05, 0) is 42.3 Å². The highest BCUT2D eigenvalue weighted by Crippen LogP contribution is 2.41. The second kappa shape index (κ2) is 4.29. The highest BCUT2D eigenvalue weighted by molar-refractivity contribution is 7.21. The summed E-state index contributed by atoms with van der Waals surface area (Å²) < 4.78 is 0. The van der Waals surface area contributed by atoms with Crippen molar-refractivity contribution in [2.24, 2.45) is 0 Å². The first-order valence-electron chi connectivity index (χ1n) is 6.45.